The lowest BCUT2D eigenvalue weighted by molar-refractivity contribution is 0.586. The molecule has 130 valence electrons. The van der Waals surface area contributed by atoms with E-state index in [-0.39, 0.29) is 0 Å². The summed E-state index contributed by atoms with van der Waals surface area (Å²) in [7, 11) is 0. The zero-order chi connectivity index (χ0) is 17.5. The molecule has 1 heterocycles. The van der Waals surface area contributed by atoms with Crippen LogP contribution in [0.5, 0.6) is 0 Å². The second-order valence-corrected chi connectivity index (χ2v) is 5.06. The molecule has 2 heteroatoms. The molecule has 2 N–H and O–H groups in total. The Hall–Kier alpha value is -1.54. The van der Waals surface area contributed by atoms with Gasteiger partial charge >= 0.3 is 0 Å². The molecule has 0 saturated carbocycles. The van der Waals surface area contributed by atoms with Crippen LogP contribution in [0, 0.1) is 0 Å². The first-order chi connectivity index (χ1) is 11.3. The first-order valence-corrected chi connectivity index (χ1v) is 9.20. The fraction of sp³-hybridized carbons (Fsp3) is 0.524. The normalized spacial score (nSPS) is 16.4. The molecule has 0 spiro atoms. The molecule has 0 saturated heterocycles. The van der Waals surface area contributed by atoms with Crippen molar-refractivity contribution in [3.63, 3.8) is 0 Å². The van der Waals surface area contributed by atoms with Gasteiger partial charge in [-0.25, -0.2) is 0 Å². The van der Waals surface area contributed by atoms with Crippen LogP contribution in [-0.4, -0.2) is 12.6 Å². The van der Waals surface area contributed by atoms with E-state index in [9.17, 15) is 0 Å². The van der Waals surface area contributed by atoms with Gasteiger partial charge in [0.2, 0.25) is 0 Å². The van der Waals surface area contributed by atoms with Crippen LogP contribution in [0.2, 0.25) is 0 Å². The molecule has 0 radical (unpaired) electrons. The molecule has 0 bridgehead atoms. The molecular weight excluding hydrogens is 280 g/mol. The van der Waals surface area contributed by atoms with Crippen LogP contribution in [0.3, 0.4) is 0 Å². The molecule has 1 aliphatic rings. The van der Waals surface area contributed by atoms with Crippen molar-refractivity contribution in [3.8, 4) is 0 Å². The first-order valence-electron chi connectivity index (χ1n) is 9.20. The fourth-order valence-electron chi connectivity index (χ4n) is 2.53. The maximum atomic E-state index is 3.89. The number of para-hydroxylation sites is 1. The van der Waals surface area contributed by atoms with Crippen molar-refractivity contribution in [2.24, 2.45) is 0 Å². The fourth-order valence-corrected chi connectivity index (χ4v) is 2.53. The van der Waals surface area contributed by atoms with E-state index in [2.05, 4.69) is 54.5 Å². The Labute approximate surface area is 144 Å². The van der Waals surface area contributed by atoms with E-state index in [0.29, 0.717) is 6.04 Å². The van der Waals surface area contributed by atoms with Gasteiger partial charge in [-0.3, -0.25) is 0 Å². The van der Waals surface area contributed by atoms with Crippen LogP contribution in [0.4, 0.5) is 5.69 Å². The van der Waals surface area contributed by atoms with E-state index in [1.165, 1.54) is 16.8 Å². The van der Waals surface area contributed by atoms with Crippen LogP contribution in [0.15, 0.2) is 48.6 Å². The van der Waals surface area contributed by atoms with Crippen molar-refractivity contribution in [1.29, 1.82) is 0 Å². The molecule has 1 aromatic rings. The molecule has 0 amide bonds. The number of rotatable bonds is 5. The molecular formula is C21H36N2. The van der Waals surface area contributed by atoms with E-state index in [4.69, 9.17) is 0 Å². The molecule has 1 aliphatic heterocycles. The standard InChI is InChI=1S/C17H24N2.2C2H6/c1-3-7-14(4-2)10-11-16-13-18-12-15-8-5-6-9-17(15)19-16;2*1-2/h4-9,16,18-19H,2-3,10-13H2,1H3;2*1-2H3/b14-7+;;. The van der Waals surface area contributed by atoms with Gasteiger partial charge in [0.05, 0.1) is 0 Å². The Morgan fingerprint density at radius 1 is 1.22 bits per heavy atom. The van der Waals surface area contributed by atoms with Crippen LogP contribution in [0.1, 0.15) is 59.4 Å². The number of nitrogens with one attached hydrogen (secondary N) is 2. The molecule has 2 nitrogen and oxygen atoms in total. The maximum absolute atomic E-state index is 3.89. The highest BCUT2D eigenvalue weighted by molar-refractivity contribution is 5.52. The second-order valence-electron chi connectivity index (χ2n) is 5.06. The molecule has 0 aromatic heterocycles. The largest absolute Gasteiger partial charge is 0.381 e. The molecule has 1 aromatic carbocycles. The SMILES string of the molecule is C=C/C(=C\CC)CCC1CNCc2ccccc2N1.CC.CC. The summed E-state index contributed by atoms with van der Waals surface area (Å²) in [6.45, 7) is 16.0. The summed E-state index contributed by atoms with van der Waals surface area (Å²) in [5.74, 6) is 0. The van der Waals surface area contributed by atoms with E-state index >= 15 is 0 Å². The first kappa shape index (κ1) is 21.5. The van der Waals surface area contributed by atoms with E-state index in [1.54, 1.807) is 0 Å². The topological polar surface area (TPSA) is 24.1 Å². The van der Waals surface area contributed by atoms with Crippen molar-refractivity contribution >= 4 is 5.69 Å². The maximum Gasteiger partial charge on any atom is 0.0389 e. The average Bonchev–Trinajstić information content (AvgIpc) is 2.84. The van der Waals surface area contributed by atoms with Gasteiger partial charge in [-0.2, -0.15) is 0 Å². The highest BCUT2D eigenvalue weighted by Crippen LogP contribution is 2.20. The van der Waals surface area contributed by atoms with Crippen LogP contribution in [-0.2, 0) is 6.54 Å². The summed E-state index contributed by atoms with van der Waals surface area (Å²) in [6.07, 6.45) is 7.57. The van der Waals surface area contributed by atoms with Crippen molar-refractivity contribution in [1.82, 2.24) is 5.32 Å². The zero-order valence-electron chi connectivity index (χ0n) is 15.8. The van der Waals surface area contributed by atoms with Gasteiger partial charge < -0.3 is 10.6 Å². The van der Waals surface area contributed by atoms with Gasteiger partial charge in [0, 0.05) is 24.8 Å². The highest BCUT2D eigenvalue weighted by atomic mass is 15.0. The van der Waals surface area contributed by atoms with E-state index < -0.39 is 0 Å². The molecule has 1 atom stereocenters. The number of hydrogen-bond acceptors (Lipinski definition) is 2. The van der Waals surface area contributed by atoms with Gasteiger partial charge in [-0.1, -0.05) is 77.1 Å². The van der Waals surface area contributed by atoms with Gasteiger partial charge in [0.25, 0.3) is 0 Å². The van der Waals surface area contributed by atoms with Crippen molar-refractivity contribution in [3.05, 3.63) is 54.1 Å². The van der Waals surface area contributed by atoms with Crippen LogP contribution in [0.25, 0.3) is 0 Å². The van der Waals surface area contributed by atoms with Gasteiger partial charge in [-0.15, -0.1) is 0 Å². The summed E-state index contributed by atoms with van der Waals surface area (Å²) in [5.41, 5.74) is 4.00. The van der Waals surface area contributed by atoms with Crippen LogP contribution >= 0.6 is 0 Å². The Morgan fingerprint density at radius 3 is 2.57 bits per heavy atom. The summed E-state index contributed by atoms with van der Waals surface area (Å²) in [6, 6.07) is 9.04. The third-order valence-corrected chi connectivity index (χ3v) is 3.59. The molecule has 23 heavy (non-hydrogen) atoms. The van der Waals surface area contributed by atoms with Crippen molar-refractivity contribution in [2.75, 3.05) is 11.9 Å². The van der Waals surface area contributed by atoms with Gasteiger partial charge in [-0.05, 0) is 30.9 Å². The lowest BCUT2D eigenvalue weighted by Gasteiger charge is -2.18. The number of benzene rings is 1. The monoisotopic (exact) mass is 316 g/mol. The molecule has 0 fully saturated rings. The van der Waals surface area contributed by atoms with E-state index in [0.717, 1.165) is 32.4 Å². The Balaban J connectivity index is 0.00000112. The summed E-state index contributed by atoms with van der Waals surface area (Å²) < 4.78 is 0. The predicted molar refractivity (Wildman–Crippen MR) is 106 cm³/mol. The zero-order valence-corrected chi connectivity index (χ0v) is 15.8. The molecule has 1 unspecified atom stereocenters. The Bertz CT molecular complexity index is 449. The van der Waals surface area contributed by atoms with Crippen molar-refractivity contribution in [2.45, 2.75) is 66.5 Å². The smallest absolute Gasteiger partial charge is 0.0389 e. The van der Waals surface area contributed by atoms with Gasteiger partial charge in [0.15, 0.2) is 0 Å². The van der Waals surface area contributed by atoms with E-state index in [1.807, 2.05) is 33.8 Å². The summed E-state index contributed by atoms with van der Waals surface area (Å²) in [5, 5.41) is 7.18. The summed E-state index contributed by atoms with van der Waals surface area (Å²) in [4.78, 5) is 0. The summed E-state index contributed by atoms with van der Waals surface area (Å²) >= 11 is 0. The number of anilines is 1. The molecule has 2 rings (SSSR count). The Kier molecular flexibility index (Phi) is 13.1. The number of hydrogen-bond donors (Lipinski definition) is 2. The Morgan fingerprint density at radius 2 is 1.91 bits per heavy atom. The number of fused-ring (bicyclic) bond motifs is 1. The minimum absolute atomic E-state index is 0.490. The third-order valence-electron chi connectivity index (χ3n) is 3.59. The van der Waals surface area contributed by atoms with Gasteiger partial charge in [0.1, 0.15) is 0 Å². The average molecular weight is 317 g/mol. The third kappa shape index (κ3) is 8.03. The highest BCUT2D eigenvalue weighted by Gasteiger charge is 2.14. The minimum atomic E-state index is 0.490. The second kappa shape index (κ2) is 14.1. The van der Waals surface area contributed by atoms with Crippen molar-refractivity contribution < 1.29 is 0 Å². The lowest BCUT2D eigenvalue weighted by atomic mass is 10.0. The predicted octanol–water partition coefficient (Wildman–Crippen LogP) is 5.93. The quantitative estimate of drug-likeness (QED) is 0.658. The molecule has 0 aliphatic carbocycles. The minimum Gasteiger partial charge on any atom is -0.381 e. The van der Waals surface area contributed by atoms with Crippen LogP contribution < -0.4 is 10.6 Å². The number of allylic oxidation sites excluding steroid dienone is 3. The lowest BCUT2D eigenvalue weighted by Crippen LogP contribution is -2.29.